The van der Waals surface area contributed by atoms with E-state index in [4.69, 9.17) is 10.5 Å². The van der Waals surface area contributed by atoms with Gasteiger partial charge >= 0.3 is 5.97 Å². The summed E-state index contributed by atoms with van der Waals surface area (Å²) in [5.41, 5.74) is 7.70. The van der Waals surface area contributed by atoms with Gasteiger partial charge in [-0.05, 0) is 37.1 Å². The molecule has 2 aromatic rings. The maximum Gasteiger partial charge on any atom is 0.311 e. The van der Waals surface area contributed by atoms with Gasteiger partial charge in [-0.2, -0.15) is 0 Å². The molecule has 3 N–H and O–H groups in total. The first-order chi connectivity index (χ1) is 11.6. The second-order valence-corrected chi connectivity index (χ2v) is 5.47. The van der Waals surface area contributed by atoms with Crippen molar-refractivity contribution < 1.29 is 14.3 Å². The van der Waals surface area contributed by atoms with Gasteiger partial charge in [0.15, 0.2) is 0 Å². The second-order valence-electron chi connectivity index (χ2n) is 5.47. The fraction of sp³-hybridized carbons (Fsp3) is 0.263. The van der Waals surface area contributed by atoms with Crippen LogP contribution < -0.4 is 11.1 Å². The summed E-state index contributed by atoms with van der Waals surface area (Å²) < 4.78 is 5.12. The first-order valence-electron chi connectivity index (χ1n) is 7.94. The smallest absolute Gasteiger partial charge is 0.311 e. The Morgan fingerprint density at radius 3 is 2.48 bits per heavy atom. The highest BCUT2D eigenvalue weighted by atomic mass is 35.5. The Morgan fingerprint density at radius 1 is 1.12 bits per heavy atom. The van der Waals surface area contributed by atoms with Crippen LogP contribution in [0.4, 0.5) is 5.69 Å². The summed E-state index contributed by atoms with van der Waals surface area (Å²) in [7, 11) is 0. The summed E-state index contributed by atoms with van der Waals surface area (Å²) in [6.07, 6.45) is 0.511. The number of rotatable bonds is 7. The third-order valence-electron chi connectivity index (χ3n) is 3.60. The molecule has 0 heterocycles. The number of nitrogens with two attached hydrogens (primary N) is 1. The molecular weight excluding hydrogens is 340 g/mol. The molecule has 6 heteroatoms. The molecule has 134 valence electrons. The molecule has 0 radical (unpaired) electrons. The lowest BCUT2D eigenvalue weighted by atomic mass is 9.99. The van der Waals surface area contributed by atoms with Crippen molar-refractivity contribution in [3.8, 4) is 0 Å². The first kappa shape index (κ1) is 20.5. The van der Waals surface area contributed by atoms with Crippen molar-refractivity contribution >= 4 is 30.0 Å². The van der Waals surface area contributed by atoms with Crippen LogP contribution in [0.1, 0.15) is 22.8 Å². The molecule has 2 rings (SSSR count). The summed E-state index contributed by atoms with van der Waals surface area (Å²) in [5, 5.41) is 2.79. The van der Waals surface area contributed by atoms with Crippen molar-refractivity contribution in [1.82, 2.24) is 5.32 Å². The lowest BCUT2D eigenvalue weighted by Crippen LogP contribution is -2.35. The molecule has 0 fully saturated rings. The van der Waals surface area contributed by atoms with E-state index < -0.39 is 5.92 Å². The molecule has 1 unspecified atom stereocenters. The molecule has 0 spiro atoms. The SMILES string of the molecule is CCOC(=O)C(CNC(=O)c1cccc(N)c1)Cc1ccccc1.Cl. The predicted molar refractivity (Wildman–Crippen MR) is 101 cm³/mol. The molecule has 1 atom stereocenters. The number of hydrogen-bond donors (Lipinski definition) is 2. The number of carbonyl (C=O) groups excluding carboxylic acids is 2. The minimum absolute atomic E-state index is 0. The van der Waals surface area contributed by atoms with Crippen LogP contribution in [0.3, 0.4) is 0 Å². The third kappa shape index (κ3) is 6.47. The maximum atomic E-state index is 12.2. The standard InChI is InChI=1S/C19H22N2O3.ClH/c1-2-24-19(23)16(11-14-7-4-3-5-8-14)13-21-18(22)15-9-6-10-17(20)12-15;/h3-10,12,16H,2,11,13,20H2,1H3,(H,21,22);1H. The van der Waals surface area contributed by atoms with E-state index in [0.29, 0.717) is 24.3 Å². The van der Waals surface area contributed by atoms with E-state index in [-0.39, 0.29) is 30.8 Å². The first-order valence-corrected chi connectivity index (χ1v) is 7.94. The zero-order valence-electron chi connectivity index (χ0n) is 14.1. The van der Waals surface area contributed by atoms with Crippen LogP contribution in [0, 0.1) is 5.92 Å². The summed E-state index contributed by atoms with van der Waals surface area (Å²) in [6.45, 7) is 2.29. The number of carbonyl (C=O) groups is 2. The molecule has 0 saturated carbocycles. The highest BCUT2D eigenvalue weighted by molar-refractivity contribution is 5.95. The molecule has 1 amide bonds. The second kappa shape index (κ2) is 10.4. The molecule has 25 heavy (non-hydrogen) atoms. The Morgan fingerprint density at radius 2 is 1.84 bits per heavy atom. The van der Waals surface area contributed by atoms with Gasteiger partial charge in [-0.3, -0.25) is 9.59 Å². The fourth-order valence-corrected chi connectivity index (χ4v) is 2.40. The number of esters is 1. The molecule has 0 aromatic heterocycles. The normalized spacial score (nSPS) is 11.1. The molecule has 0 aliphatic rings. The number of halogens is 1. The average Bonchev–Trinajstić information content (AvgIpc) is 2.59. The molecule has 0 aliphatic carbocycles. The Kier molecular flexibility index (Phi) is 8.50. The fourth-order valence-electron chi connectivity index (χ4n) is 2.40. The van der Waals surface area contributed by atoms with Crippen molar-refractivity contribution in [2.45, 2.75) is 13.3 Å². The summed E-state index contributed by atoms with van der Waals surface area (Å²) in [5.74, 6) is -1.00. The van der Waals surface area contributed by atoms with Crippen LogP contribution in [0.25, 0.3) is 0 Å². The maximum absolute atomic E-state index is 12.2. The Hall–Kier alpha value is -2.53. The number of amides is 1. The number of ether oxygens (including phenoxy) is 1. The van der Waals surface area contributed by atoms with E-state index in [9.17, 15) is 9.59 Å². The van der Waals surface area contributed by atoms with Crippen LogP contribution in [0.2, 0.25) is 0 Å². The Labute approximate surface area is 154 Å². The molecule has 0 saturated heterocycles. The van der Waals surface area contributed by atoms with Gasteiger partial charge in [0.25, 0.3) is 5.91 Å². The zero-order valence-corrected chi connectivity index (χ0v) is 14.9. The van der Waals surface area contributed by atoms with E-state index >= 15 is 0 Å². The third-order valence-corrected chi connectivity index (χ3v) is 3.60. The number of anilines is 1. The van der Waals surface area contributed by atoms with E-state index in [1.807, 2.05) is 30.3 Å². The van der Waals surface area contributed by atoms with Gasteiger partial charge < -0.3 is 15.8 Å². The molecule has 0 bridgehead atoms. The van der Waals surface area contributed by atoms with Crippen LogP contribution in [-0.4, -0.2) is 25.0 Å². The minimum Gasteiger partial charge on any atom is -0.466 e. The zero-order chi connectivity index (χ0) is 17.4. The summed E-state index contributed by atoms with van der Waals surface area (Å²) in [4.78, 5) is 24.4. The highest BCUT2D eigenvalue weighted by Crippen LogP contribution is 2.11. The van der Waals surface area contributed by atoms with Crippen LogP contribution in [0.5, 0.6) is 0 Å². The summed E-state index contributed by atoms with van der Waals surface area (Å²) in [6, 6.07) is 16.4. The highest BCUT2D eigenvalue weighted by Gasteiger charge is 2.21. The quantitative estimate of drug-likeness (QED) is 0.586. The van der Waals surface area contributed by atoms with Crippen molar-refractivity contribution in [3.05, 3.63) is 65.7 Å². The van der Waals surface area contributed by atoms with E-state index in [2.05, 4.69) is 5.32 Å². The topological polar surface area (TPSA) is 81.4 Å². The predicted octanol–water partition coefficient (Wildman–Crippen LogP) is 2.84. The van der Waals surface area contributed by atoms with Gasteiger partial charge in [-0.1, -0.05) is 36.4 Å². The average molecular weight is 363 g/mol. The Bertz CT molecular complexity index is 692. The van der Waals surface area contributed by atoms with Crippen LogP contribution in [0.15, 0.2) is 54.6 Å². The monoisotopic (exact) mass is 362 g/mol. The van der Waals surface area contributed by atoms with Gasteiger partial charge in [0.05, 0.1) is 12.5 Å². The van der Waals surface area contributed by atoms with Gasteiger partial charge in [0.2, 0.25) is 0 Å². The number of benzene rings is 2. The van der Waals surface area contributed by atoms with Crippen molar-refractivity contribution in [1.29, 1.82) is 0 Å². The molecule has 2 aromatic carbocycles. The molecule has 5 nitrogen and oxygen atoms in total. The number of nitrogens with one attached hydrogen (secondary N) is 1. The van der Waals surface area contributed by atoms with E-state index in [1.165, 1.54) is 0 Å². The van der Waals surface area contributed by atoms with Crippen LogP contribution >= 0.6 is 12.4 Å². The van der Waals surface area contributed by atoms with Crippen molar-refractivity contribution in [2.24, 2.45) is 5.92 Å². The lowest BCUT2D eigenvalue weighted by Gasteiger charge is -2.16. The van der Waals surface area contributed by atoms with Gasteiger partial charge in [-0.15, -0.1) is 12.4 Å². The molecular formula is C19H23ClN2O3. The van der Waals surface area contributed by atoms with E-state index in [1.54, 1.807) is 31.2 Å². The largest absolute Gasteiger partial charge is 0.466 e. The Balaban J connectivity index is 0.00000312. The van der Waals surface area contributed by atoms with Gasteiger partial charge in [-0.25, -0.2) is 0 Å². The van der Waals surface area contributed by atoms with E-state index in [0.717, 1.165) is 5.56 Å². The minimum atomic E-state index is -0.433. The number of hydrogen-bond acceptors (Lipinski definition) is 4. The molecule has 0 aliphatic heterocycles. The van der Waals surface area contributed by atoms with Gasteiger partial charge in [0.1, 0.15) is 0 Å². The van der Waals surface area contributed by atoms with Crippen molar-refractivity contribution in [3.63, 3.8) is 0 Å². The van der Waals surface area contributed by atoms with Gasteiger partial charge in [0, 0.05) is 17.8 Å². The lowest BCUT2D eigenvalue weighted by molar-refractivity contribution is -0.147. The number of nitrogen functional groups attached to an aromatic ring is 1. The van der Waals surface area contributed by atoms with Crippen LogP contribution in [-0.2, 0) is 16.0 Å². The van der Waals surface area contributed by atoms with Crippen molar-refractivity contribution in [2.75, 3.05) is 18.9 Å². The summed E-state index contributed by atoms with van der Waals surface area (Å²) >= 11 is 0.